The van der Waals surface area contributed by atoms with Gasteiger partial charge in [-0.2, -0.15) is 0 Å². The van der Waals surface area contributed by atoms with Gasteiger partial charge < -0.3 is 0 Å². The van der Waals surface area contributed by atoms with Gasteiger partial charge in [-0.05, 0) is 17.7 Å². The van der Waals surface area contributed by atoms with Gasteiger partial charge in [-0.15, -0.1) is 0 Å². The number of nitrogens with zero attached hydrogens (tertiary/aromatic N) is 2. The van der Waals surface area contributed by atoms with Crippen molar-refractivity contribution < 1.29 is 9.72 Å². The topological polar surface area (TPSA) is 63.2 Å². The molecule has 1 aliphatic rings. The fraction of sp³-hybridized carbons (Fsp3) is 0.133. The highest BCUT2D eigenvalue weighted by atomic mass is 16.6. The van der Waals surface area contributed by atoms with E-state index >= 15 is 0 Å². The minimum atomic E-state index is -0.967. The van der Waals surface area contributed by atoms with Crippen molar-refractivity contribution in [1.29, 1.82) is 0 Å². The van der Waals surface area contributed by atoms with E-state index in [0.29, 0.717) is 5.56 Å². The average molecular weight is 268 g/mol. The van der Waals surface area contributed by atoms with Gasteiger partial charge in [0.15, 0.2) is 6.04 Å². The van der Waals surface area contributed by atoms with Crippen LogP contribution in [0.2, 0.25) is 0 Å². The van der Waals surface area contributed by atoms with Crippen molar-refractivity contribution in [2.75, 3.05) is 0 Å². The van der Waals surface area contributed by atoms with Crippen LogP contribution in [0.3, 0.4) is 0 Å². The Hall–Kier alpha value is -2.69. The molecule has 20 heavy (non-hydrogen) atoms. The van der Waals surface area contributed by atoms with Crippen molar-refractivity contribution in [1.82, 2.24) is 4.90 Å². The number of hydrogen-bond donors (Lipinski definition) is 0. The van der Waals surface area contributed by atoms with Crippen LogP contribution >= 0.6 is 0 Å². The van der Waals surface area contributed by atoms with Crippen molar-refractivity contribution in [2.24, 2.45) is 0 Å². The SMILES string of the molecule is O=C(c1ccccc1)N1C(c2ccccc2)C1[N+](=O)[O-]. The van der Waals surface area contributed by atoms with Gasteiger partial charge in [0.1, 0.15) is 0 Å². The summed E-state index contributed by atoms with van der Waals surface area (Å²) in [7, 11) is 0. The summed E-state index contributed by atoms with van der Waals surface area (Å²) in [6.45, 7) is 0. The summed E-state index contributed by atoms with van der Waals surface area (Å²) in [5.74, 6) is -0.304. The minimum Gasteiger partial charge on any atom is -0.269 e. The van der Waals surface area contributed by atoms with E-state index in [1.54, 1.807) is 42.5 Å². The van der Waals surface area contributed by atoms with Gasteiger partial charge in [0.25, 0.3) is 5.91 Å². The lowest BCUT2D eigenvalue weighted by Crippen LogP contribution is -2.17. The average Bonchev–Trinajstić information content (AvgIpc) is 3.24. The molecule has 0 aliphatic carbocycles. The number of carbonyl (C=O) groups excluding carboxylic acids is 1. The highest BCUT2D eigenvalue weighted by Gasteiger charge is 2.61. The number of rotatable bonds is 3. The molecule has 0 saturated carbocycles. The zero-order chi connectivity index (χ0) is 14.1. The zero-order valence-electron chi connectivity index (χ0n) is 10.5. The van der Waals surface area contributed by atoms with Crippen molar-refractivity contribution in [3.8, 4) is 0 Å². The molecule has 1 fully saturated rings. The quantitative estimate of drug-likeness (QED) is 0.488. The number of amides is 1. The van der Waals surface area contributed by atoms with E-state index in [-0.39, 0.29) is 5.91 Å². The Bertz CT molecular complexity index is 643. The molecule has 2 aromatic rings. The number of benzene rings is 2. The predicted octanol–water partition coefficient (Wildman–Crippen LogP) is 2.49. The first-order valence-electron chi connectivity index (χ1n) is 6.26. The third kappa shape index (κ3) is 2.03. The van der Waals surface area contributed by atoms with Gasteiger partial charge in [0, 0.05) is 10.5 Å². The second-order valence-corrected chi connectivity index (χ2v) is 4.63. The van der Waals surface area contributed by atoms with Crippen molar-refractivity contribution >= 4 is 5.91 Å². The maximum atomic E-state index is 12.3. The van der Waals surface area contributed by atoms with Crippen LogP contribution in [0, 0.1) is 10.1 Å². The molecule has 5 heteroatoms. The van der Waals surface area contributed by atoms with E-state index in [1.165, 1.54) is 4.90 Å². The smallest absolute Gasteiger partial charge is 0.269 e. The number of hydrogen-bond acceptors (Lipinski definition) is 3. The first kappa shape index (κ1) is 12.3. The Labute approximate surface area is 115 Å². The van der Waals surface area contributed by atoms with Crippen LogP contribution in [-0.2, 0) is 0 Å². The van der Waals surface area contributed by atoms with Crippen LogP contribution < -0.4 is 0 Å². The zero-order valence-corrected chi connectivity index (χ0v) is 10.5. The van der Waals surface area contributed by atoms with Gasteiger partial charge in [-0.3, -0.25) is 19.8 Å². The molecular weight excluding hydrogens is 256 g/mol. The summed E-state index contributed by atoms with van der Waals surface area (Å²) in [4.78, 5) is 24.3. The molecule has 0 N–H and O–H groups in total. The molecule has 0 radical (unpaired) electrons. The highest BCUT2D eigenvalue weighted by Crippen LogP contribution is 2.44. The normalized spacial score (nSPS) is 20.5. The summed E-state index contributed by atoms with van der Waals surface area (Å²) in [6, 6.07) is 17.2. The van der Waals surface area contributed by atoms with Gasteiger partial charge in [-0.25, -0.2) is 0 Å². The van der Waals surface area contributed by atoms with Crippen molar-refractivity contribution in [3.05, 3.63) is 81.9 Å². The van der Waals surface area contributed by atoms with Gasteiger partial charge in [0.05, 0.1) is 0 Å². The summed E-state index contributed by atoms with van der Waals surface area (Å²) >= 11 is 0. The van der Waals surface area contributed by atoms with Gasteiger partial charge >= 0.3 is 6.17 Å². The molecule has 1 aliphatic heterocycles. The second kappa shape index (κ2) is 4.77. The first-order chi connectivity index (χ1) is 9.70. The lowest BCUT2D eigenvalue weighted by molar-refractivity contribution is -0.504. The van der Waals surface area contributed by atoms with E-state index in [1.807, 2.05) is 18.2 Å². The molecule has 0 aromatic heterocycles. The molecule has 2 atom stereocenters. The molecule has 1 saturated heterocycles. The van der Waals surface area contributed by atoms with E-state index in [0.717, 1.165) is 5.56 Å². The monoisotopic (exact) mass is 268 g/mol. The maximum Gasteiger partial charge on any atom is 0.315 e. The van der Waals surface area contributed by atoms with Crippen LogP contribution in [0.1, 0.15) is 22.0 Å². The Morgan fingerprint density at radius 3 is 2.10 bits per heavy atom. The predicted molar refractivity (Wildman–Crippen MR) is 72.6 cm³/mol. The lowest BCUT2D eigenvalue weighted by atomic mass is 10.1. The molecule has 1 amide bonds. The van der Waals surface area contributed by atoms with Crippen LogP contribution in [0.25, 0.3) is 0 Å². The van der Waals surface area contributed by atoms with Gasteiger partial charge in [0.2, 0.25) is 0 Å². The van der Waals surface area contributed by atoms with Crippen LogP contribution in [-0.4, -0.2) is 21.9 Å². The van der Waals surface area contributed by atoms with Crippen LogP contribution in [0.15, 0.2) is 60.7 Å². The Balaban J connectivity index is 1.90. The highest BCUT2D eigenvalue weighted by molar-refractivity contribution is 5.96. The largest absolute Gasteiger partial charge is 0.315 e. The fourth-order valence-electron chi connectivity index (χ4n) is 2.39. The molecule has 0 spiro atoms. The van der Waals surface area contributed by atoms with Crippen LogP contribution in [0.5, 0.6) is 0 Å². The van der Waals surface area contributed by atoms with Crippen LogP contribution in [0.4, 0.5) is 0 Å². The maximum absolute atomic E-state index is 12.3. The number of carbonyl (C=O) groups is 1. The molecular formula is C15H12N2O3. The van der Waals surface area contributed by atoms with Crippen molar-refractivity contribution in [3.63, 3.8) is 0 Å². The Kier molecular flexibility index (Phi) is 2.95. The summed E-state index contributed by atoms with van der Waals surface area (Å²) < 4.78 is 0. The van der Waals surface area contributed by atoms with Gasteiger partial charge in [-0.1, -0.05) is 48.5 Å². The van der Waals surface area contributed by atoms with E-state index in [2.05, 4.69) is 0 Å². The Morgan fingerprint density at radius 1 is 1.00 bits per heavy atom. The second-order valence-electron chi connectivity index (χ2n) is 4.63. The Morgan fingerprint density at radius 2 is 1.55 bits per heavy atom. The molecule has 2 aromatic carbocycles. The summed E-state index contributed by atoms with van der Waals surface area (Å²) in [5, 5.41) is 11.1. The third-order valence-electron chi connectivity index (χ3n) is 3.39. The fourth-order valence-corrected chi connectivity index (χ4v) is 2.39. The molecule has 0 bridgehead atoms. The van der Waals surface area contributed by atoms with E-state index < -0.39 is 17.1 Å². The molecule has 5 nitrogen and oxygen atoms in total. The van der Waals surface area contributed by atoms with Crippen molar-refractivity contribution in [2.45, 2.75) is 12.2 Å². The standard InChI is InChI=1S/C15H12N2O3/c18-15(12-9-5-2-6-10-12)16-13(14(16)17(19)20)11-7-3-1-4-8-11/h1-10,13-14H. The lowest BCUT2D eigenvalue weighted by Gasteiger charge is -2.02. The molecule has 3 rings (SSSR count). The minimum absolute atomic E-state index is 0.304. The number of nitro groups is 1. The first-order valence-corrected chi connectivity index (χ1v) is 6.26. The summed E-state index contributed by atoms with van der Waals surface area (Å²) in [6.07, 6.45) is -0.967. The molecule has 1 heterocycles. The van der Waals surface area contributed by atoms with E-state index in [4.69, 9.17) is 0 Å². The summed E-state index contributed by atoms with van der Waals surface area (Å²) in [5.41, 5.74) is 1.26. The third-order valence-corrected chi connectivity index (χ3v) is 3.39. The molecule has 100 valence electrons. The van der Waals surface area contributed by atoms with E-state index in [9.17, 15) is 14.9 Å². The molecule has 2 unspecified atom stereocenters.